The molecule has 0 atom stereocenters. The Kier molecular flexibility index (Phi) is 5.31. The summed E-state index contributed by atoms with van der Waals surface area (Å²) in [5.41, 5.74) is 4.29. The van der Waals surface area contributed by atoms with Gasteiger partial charge in [-0.25, -0.2) is 4.39 Å². The summed E-state index contributed by atoms with van der Waals surface area (Å²) >= 11 is 0. The Morgan fingerprint density at radius 2 is 1.93 bits per heavy atom. The molecule has 0 aliphatic rings. The molecule has 1 amide bonds. The van der Waals surface area contributed by atoms with Gasteiger partial charge < -0.3 is 14.5 Å². The van der Waals surface area contributed by atoms with Gasteiger partial charge in [0.25, 0.3) is 0 Å². The van der Waals surface area contributed by atoms with Gasteiger partial charge in [0.2, 0.25) is 5.91 Å². The predicted octanol–water partition coefficient (Wildman–Crippen LogP) is 4.92. The number of furan rings is 1. The van der Waals surface area contributed by atoms with Crippen LogP contribution < -0.4 is 10.1 Å². The largest absolute Gasteiger partial charge is 0.496 e. The van der Waals surface area contributed by atoms with Gasteiger partial charge in [-0.3, -0.25) is 4.79 Å². The van der Waals surface area contributed by atoms with Gasteiger partial charge in [-0.1, -0.05) is 12.1 Å². The summed E-state index contributed by atoms with van der Waals surface area (Å²) in [4.78, 5) is 12.3. The van der Waals surface area contributed by atoms with Gasteiger partial charge in [0.15, 0.2) is 0 Å². The van der Waals surface area contributed by atoms with Gasteiger partial charge in [0.1, 0.15) is 22.9 Å². The first kappa shape index (κ1) is 18.7. The molecule has 1 aromatic heterocycles. The molecule has 5 heteroatoms. The lowest BCUT2D eigenvalue weighted by atomic mass is 10.0. The molecule has 0 fully saturated rings. The summed E-state index contributed by atoms with van der Waals surface area (Å²) in [6, 6.07) is 9.87. The minimum Gasteiger partial charge on any atom is -0.496 e. The number of allylic oxidation sites excluding steroid dienone is 1. The van der Waals surface area contributed by atoms with Crippen LogP contribution in [0.5, 0.6) is 5.75 Å². The van der Waals surface area contributed by atoms with E-state index in [0.717, 1.165) is 39.0 Å². The van der Waals surface area contributed by atoms with Crippen molar-refractivity contribution < 1.29 is 18.3 Å². The third-order valence-electron chi connectivity index (χ3n) is 4.65. The second kappa shape index (κ2) is 7.66. The molecule has 3 aromatic rings. The monoisotopic (exact) mass is 367 g/mol. The molecule has 0 aliphatic heterocycles. The van der Waals surface area contributed by atoms with Gasteiger partial charge in [0.05, 0.1) is 7.11 Å². The fourth-order valence-corrected chi connectivity index (χ4v) is 2.96. The van der Waals surface area contributed by atoms with Crippen molar-refractivity contribution in [2.24, 2.45) is 0 Å². The van der Waals surface area contributed by atoms with Crippen LogP contribution in [0.15, 0.2) is 46.9 Å². The van der Waals surface area contributed by atoms with E-state index in [9.17, 15) is 9.18 Å². The van der Waals surface area contributed by atoms with E-state index in [0.29, 0.717) is 12.3 Å². The van der Waals surface area contributed by atoms with E-state index in [2.05, 4.69) is 5.32 Å². The van der Waals surface area contributed by atoms with Crippen LogP contribution >= 0.6 is 0 Å². The molecule has 0 unspecified atom stereocenters. The third kappa shape index (κ3) is 4.03. The molecule has 4 nitrogen and oxygen atoms in total. The summed E-state index contributed by atoms with van der Waals surface area (Å²) in [7, 11) is 1.59. The maximum absolute atomic E-state index is 12.9. The molecular weight excluding hydrogens is 345 g/mol. The molecule has 0 saturated carbocycles. The number of rotatable bonds is 5. The van der Waals surface area contributed by atoms with Crippen LogP contribution in [0.25, 0.3) is 16.5 Å². The van der Waals surface area contributed by atoms with E-state index in [1.54, 1.807) is 19.2 Å². The lowest BCUT2D eigenvalue weighted by molar-refractivity contribution is -0.116. The number of methoxy groups -OCH3 is 1. The van der Waals surface area contributed by atoms with Gasteiger partial charge in [0, 0.05) is 29.6 Å². The van der Waals surface area contributed by atoms with Crippen molar-refractivity contribution in [3.63, 3.8) is 0 Å². The second-order valence-electron chi connectivity index (χ2n) is 6.50. The zero-order valence-electron chi connectivity index (χ0n) is 15.9. The standard InChI is InChI=1S/C22H22FNO3/c1-13(9-22(25)24-12-16-5-7-17(23)8-6-16)18-10-19-14(2)15(3)27-21(19)11-20(18)26-4/h5-11H,12H2,1-4H3,(H,24,25)/b13-9+. The first-order valence-electron chi connectivity index (χ1n) is 8.67. The van der Waals surface area contributed by atoms with Crippen molar-refractivity contribution in [2.45, 2.75) is 27.3 Å². The predicted molar refractivity (Wildman–Crippen MR) is 104 cm³/mol. The number of carbonyl (C=O) groups excluding carboxylic acids is 1. The Balaban J connectivity index is 1.82. The number of carbonyl (C=O) groups is 1. The Labute approximate surface area is 157 Å². The number of halogens is 1. The van der Waals surface area contributed by atoms with Gasteiger partial charge in [-0.2, -0.15) is 0 Å². The first-order chi connectivity index (χ1) is 12.9. The molecule has 0 saturated heterocycles. The highest BCUT2D eigenvalue weighted by atomic mass is 19.1. The van der Waals surface area contributed by atoms with Crippen LogP contribution in [0.1, 0.15) is 29.4 Å². The molecule has 1 N–H and O–H groups in total. The van der Waals surface area contributed by atoms with Gasteiger partial charge in [-0.15, -0.1) is 0 Å². The van der Waals surface area contributed by atoms with E-state index in [1.807, 2.05) is 32.9 Å². The molecule has 140 valence electrons. The molecule has 0 spiro atoms. The zero-order valence-corrected chi connectivity index (χ0v) is 15.9. The molecule has 0 bridgehead atoms. The third-order valence-corrected chi connectivity index (χ3v) is 4.65. The van der Waals surface area contributed by atoms with Crippen LogP contribution in [0.2, 0.25) is 0 Å². The summed E-state index contributed by atoms with van der Waals surface area (Å²) in [5.74, 6) is 0.992. The van der Waals surface area contributed by atoms with Crippen LogP contribution in [0.4, 0.5) is 4.39 Å². The SMILES string of the molecule is COc1cc2oc(C)c(C)c2cc1/C(C)=C/C(=O)NCc1ccc(F)cc1. The van der Waals surface area contributed by atoms with Crippen molar-refractivity contribution >= 4 is 22.4 Å². The quantitative estimate of drug-likeness (QED) is 0.652. The maximum Gasteiger partial charge on any atom is 0.244 e. The van der Waals surface area contributed by atoms with Crippen molar-refractivity contribution in [3.8, 4) is 5.75 Å². The van der Waals surface area contributed by atoms with Crippen molar-refractivity contribution in [1.29, 1.82) is 0 Å². The number of benzene rings is 2. The second-order valence-corrected chi connectivity index (χ2v) is 6.50. The fraction of sp³-hybridized carbons (Fsp3) is 0.227. The fourth-order valence-electron chi connectivity index (χ4n) is 2.96. The molecule has 0 aliphatic carbocycles. The lowest BCUT2D eigenvalue weighted by Crippen LogP contribution is -2.20. The maximum atomic E-state index is 12.9. The van der Waals surface area contributed by atoms with E-state index in [1.165, 1.54) is 18.2 Å². The highest BCUT2D eigenvalue weighted by Gasteiger charge is 2.14. The smallest absolute Gasteiger partial charge is 0.244 e. The number of ether oxygens (including phenoxy) is 1. The number of fused-ring (bicyclic) bond motifs is 1. The molecule has 0 radical (unpaired) electrons. The average Bonchev–Trinajstić information content (AvgIpc) is 2.93. The van der Waals surface area contributed by atoms with E-state index in [4.69, 9.17) is 9.15 Å². The first-order valence-corrected chi connectivity index (χ1v) is 8.67. The minimum absolute atomic E-state index is 0.223. The summed E-state index contributed by atoms with van der Waals surface area (Å²) in [6.45, 7) is 6.13. The minimum atomic E-state index is -0.298. The molecular formula is C22H22FNO3. The topological polar surface area (TPSA) is 51.5 Å². The molecule has 3 rings (SSSR count). The summed E-state index contributed by atoms with van der Waals surface area (Å²) in [6.07, 6.45) is 1.54. The normalized spacial score (nSPS) is 11.7. The lowest BCUT2D eigenvalue weighted by Gasteiger charge is -2.10. The zero-order chi connectivity index (χ0) is 19.6. The number of nitrogens with one attached hydrogen (secondary N) is 1. The molecule has 27 heavy (non-hydrogen) atoms. The van der Waals surface area contributed by atoms with Crippen molar-refractivity contribution in [2.75, 3.05) is 7.11 Å². The Morgan fingerprint density at radius 1 is 1.22 bits per heavy atom. The number of aryl methyl sites for hydroxylation is 2. The van der Waals surface area contributed by atoms with Crippen LogP contribution in [0, 0.1) is 19.7 Å². The Hall–Kier alpha value is -3.08. The Bertz CT molecular complexity index is 1020. The van der Waals surface area contributed by atoms with Crippen LogP contribution in [-0.2, 0) is 11.3 Å². The molecule has 2 aromatic carbocycles. The number of hydrogen-bond acceptors (Lipinski definition) is 3. The van der Waals surface area contributed by atoms with E-state index >= 15 is 0 Å². The van der Waals surface area contributed by atoms with Crippen molar-refractivity contribution in [1.82, 2.24) is 5.32 Å². The van der Waals surface area contributed by atoms with Crippen LogP contribution in [0.3, 0.4) is 0 Å². The highest BCUT2D eigenvalue weighted by Crippen LogP contribution is 2.34. The number of hydrogen-bond donors (Lipinski definition) is 1. The summed E-state index contributed by atoms with van der Waals surface area (Å²) in [5, 5.41) is 3.81. The van der Waals surface area contributed by atoms with Crippen molar-refractivity contribution in [3.05, 3.63) is 70.7 Å². The van der Waals surface area contributed by atoms with Gasteiger partial charge >= 0.3 is 0 Å². The summed E-state index contributed by atoms with van der Waals surface area (Å²) < 4.78 is 24.2. The Morgan fingerprint density at radius 3 is 2.59 bits per heavy atom. The number of amides is 1. The van der Waals surface area contributed by atoms with Gasteiger partial charge in [-0.05, 0) is 55.7 Å². The average molecular weight is 367 g/mol. The van der Waals surface area contributed by atoms with Crippen LogP contribution in [-0.4, -0.2) is 13.0 Å². The van der Waals surface area contributed by atoms with E-state index < -0.39 is 0 Å². The highest BCUT2D eigenvalue weighted by molar-refractivity contribution is 5.97. The van der Waals surface area contributed by atoms with E-state index in [-0.39, 0.29) is 11.7 Å². The molecule has 1 heterocycles.